The van der Waals surface area contributed by atoms with E-state index in [0.717, 1.165) is 30.1 Å². The van der Waals surface area contributed by atoms with Crippen LogP contribution in [0.1, 0.15) is 153 Å². The van der Waals surface area contributed by atoms with Gasteiger partial charge in [-0.3, -0.25) is 19.2 Å². The number of carbonyl (C=O) groups is 4. The van der Waals surface area contributed by atoms with Gasteiger partial charge in [0, 0.05) is 0 Å². The van der Waals surface area contributed by atoms with E-state index in [1.807, 2.05) is 41.5 Å². The van der Waals surface area contributed by atoms with Crippen LogP contribution in [0.4, 0.5) is 0 Å². The number of hydrogen-bond acceptors (Lipinski definition) is 5. The fourth-order valence-electron chi connectivity index (χ4n) is 12.1. The Morgan fingerprint density at radius 3 is 1.90 bits per heavy atom. The van der Waals surface area contributed by atoms with Crippen molar-refractivity contribution >= 4 is 24.3 Å². The van der Waals surface area contributed by atoms with Crippen LogP contribution in [0.2, 0.25) is 0 Å². The summed E-state index contributed by atoms with van der Waals surface area (Å²) in [6.45, 7) is 26.8. The van der Waals surface area contributed by atoms with E-state index in [-0.39, 0.29) is 29.8 Å². The zero-order valence-corrected chi connectivity index (χ0v) is 34.1. The number of carbonyl (C=O) groups excluding carboxylic acids is 2. The number of rotatable bonds is 6. The van der Waals surface area contributed by atoms with Gasteiger partial charge in [-0.1, -0.05) is 74.8 Å². The lowest BCUT2D eigenvalue weighted by atomic mass is 9.38. The summed E-state index contributed by atoms with van der Waals surface area (Å²) >= 11 is 0. The molecule has 6 rings (SSSR count). The predicted octanol–water partition coefficient (Wildman–Crippen LogP) is 9.80. The normalized spacial score (nSPS) is 41.8. The summed E-state index contributed by atoms with van der Waals surface area (Å²) in [6.07, 6.45) is 17.5. The van der Waals surface area contributed by atoms with E-state index >= 15 is 0 Å². The highest BCUT2D eigenvalue weighted by Gasteiger charge is 2.64. The first-order valence-corrected chi connectivity index (χ1v) is 20.5. The number of carboxylic acid groups (broad SMARTS) is 2. The lowest BCUT2D eigenvalue weighted by Gasteiger charge is -2.67. The molecule has 8 nitrogen and oxygen atoms in total. The quantitative estimate of drug-likeness (QED) is 0.142. The van der Waals surface area contributed by atoms with Gasteiger partial charge in [-0.15, -0.1) is 6.58 Å². The average Bonchev–Trinajstić information content (AvgIpc) is 3.49. The van der Waals surface area contributed by atoms with E-state index in [9.17, 15) is 24.3 Å². The zero-order chi connectivity index (χ0) is 38.9. The fourth-order valence-corrected chi connectivity index (χ4v) is 12.1. The summed E-state index contributed by atoms with van der Waals surface area (Å²) in [6, 6.07) is -0.785. The van der Waals surface area contributed by atoms with Crippen LogP contribution in [-0.2, 0) is 23.9 Å². The van der Waals surface area contributed by atoms with Gasteiger partial charge in [0.05, 0.1) is 11.8 Å². The molecule has 0 aromatic rings. The average molecular weight is 718 g/mol. The lowest BCUT2D eigenvalue weighted by Crippen LogP contribution is -2.61. The molecule has 51 heavy (non-hydrogen) atoms. The first-order chi connectivity index (χ1) is 24.1. The number of allylic oxidation sites excluding steroid dienone is 1. The molecule has 0 aromatic heterocycles. The van der Waals surface area contributed by atoms with Crippen molar-refractivity contribution in [1.82, 2.24) is 5.32 Å². The molecule has 0 heterocycles. The van der Waals surface area contributed by atoms with E-state index in [4.69, 9.17) is 9.84 Å². The first-order valence-electron chi connectivity index (χ1n) is 20.5. The molecule has 0 bridgehead atoms. The zero-order valence-electron chi connectivity index (χ0n) is 34.1. The Kier molecular flexibility index (Phi) is 16.8. The number of carboxylic acids is 2. The Morgan fingerprint density at radius 1 is 0.804 bits per heavy atom. The summed E-state index contributed by atoms with van der Waals surface area (Å²) in [4.78, 5) is 43.8. The van der Waals surface area contributed by atoms with Crippen LogP contribution in [0, 0.1) is 69.5 Å². The third kappa shape index (κ3) is 9.05. The van der Waals surface area contributed by atoms with E-state index in [2.05, 4.69) is 39.6 Å². The van der Waals surface area contributed by atoms with Gasteiger partial charge < -0.3 is 20.3 Å². The number of amides is 1. The molecule has 6 aliphatic rings. The van der Waals surface area contributed by atoms with Gasteiger partial charge in [-0.25, -0.2) is 0 Å². The van der Waals surface area contributed by atoms with Crippen LogP contribution in [0.5, 0.6) is 0 Å². The number of nitrogens with one attached hydrogen (secondary N) is 1. The largest absolute Gasteiger partial charge is 0.481 e. The number of fused-ring (bicyclic) bond motifs is 7. The molecular formula is C43H75NO7. The van der Waals surface area contributed by atoms with Gasteiger partial charge >= 0.3 is 17.9 Å². The van der Waals surface area contributed by atoms with E-state index in [1.165, 1.54) is 71.1 Å². The van der Waals surface area contributed by atoms with E-state index in [0.29, 0.717) is 40.9 Å². The van der Waals surface area contributed by atoms with Gasteiger partial charge in [0.15, 0.2) is 0 Å². The Labute approximate surface area is 310 Å². The Hall–Kier alpha value is -2.38. The molecule has 0 saturated heterocycles. The van der Waals surface area contributed by atoms with E-state index in [1.54, 1.807) is 6.08 Å². The molecule has 1 amide bonds. The lowest BCUT2D eigenvalue weighted by molar-refractivity contribution is -0.204. The van der Waals surface area contributed by atoms with Crippen molar-refractivity contribution in [3.05, 3.63) is 12.7 Å². The molecule has 8 heteroatoms. The van der Waals surface area contributed by atoms with Crippen LogP contribution in [0.25, 0.3) is 0 Å². The summed E-state index contributed by atoms with van der Waals surface area (Å²) in [5, 5.41) is 19.5. The highest BCUT2D eigenvalue weighted by atomic mass is 16.5. The van der Waals surface area contributed by atoms with Crippen LogP contribution in [0.15, 0.2) is 12.7 Å². The molecule has 6 saturated carbocycles. The third-order valence-electron chi connectivity index (χ3n) is 14.8. The summed E-state index contributed by atoms with van der Waals surface area (Å²) in [5.41, 5.74) is 1.47. The van der Waals surface area contributed by atoms with Gasteiger partial charge in [0.1, 0.15) is 12.1 Å². The second-order valence-electron chi connectivity index (χ2n) is 17.0. The van der Waals surface area contributed by atoms with Crippen molar-refractivity contribution in [1.29, 1.82) is 0 Å². The summed E-state index contributed by atoms with van der Waals surface area (Å²) in [5.74, 6) is 2.01. The molecule has 0 aromatic carbocycles. The number of aliphatic carboxylic acids is 2. The Bertz CT molecular complexity index is 1170. The Balaban J connectivity index is 0.000000516. The van der Waals surface area contributed by atoms with Crippen molar-refractivity contribution in [2.45, 2.75) is 165 Å². The number of hydrogen-bond donors (Lipinski definition) is 3. The second kappa shape index (κ2) is 19.1. The van der Waals surface area contributed by atoms with Gasteiger partial charge in [0.25, 0.3) is 0 Å². The third-order valence-corrected chi connectivity index (χ3v) is 14.8. The molecule has 14 atom stereocenters. The molecule has 294 valence electrons. The molecule has 3 N–H and O–H groups in total. The topological polar surface area (TPSA) is 130 Å². The van der Waals surface area contributed by atoms with E-state index < -0.39 is 18.0 Å². The minimum atomic E-state index is -1.03. The molecule has 6 aliphatic carbocycles. The number of ether oxygens (including phenoxy) is 1. The maximum Gasteiger partial charge on any atom is 0.325 e. The maximum absolute atomic E-state index is 13.0. The SMILES string of the molecule is C=CC.CC.CC.CC(NC=O)C(=O)O.CC1C(C(=O)O)CC1C(=O)OC1CCC2(C)C(CCC3(C)C4CCC5(C)CCCC5C4CCC23)C1C. The molecule has 0 aliphatic heterocycles. The highest BCUT2D eigenvalue weighted by Crippen LogP contribution is 2.71. The van der Waals surface area contributed by atoms with Crippen molar-refractivity contribution < 1.29 is 34.1 Å². The minimum Gasteiger partial charge on any atom is -0.481 e. The number of esters is 1. The molecule has 0 spiro atoms. The van der Waals surface area contributed by atoms with Crippen LogP contribution in [-0.4, -0.2) is 46.7 Å². The molecule has 6 fully saturated rings. The Morgan fingerprint density at radius 2 is 1.37 bits per heavy atom. The van der Waals surface area contributed by atoms with Crippen molar-refractivity contribution in [3.8, 4) is 0 Å². The first kappa shape index (κ1) is 44.8. The second-order valence-corrected chi connectivity index (χ2v) is 17.0. The standard InChI is InChI=1S/C32H50O4.C4H7NO3.C3H6.2C2H6/c1-18-21(28(33)34)17-22(18)29(35)36-26-12-16-31(4)23(19(26)2)11-15-32(5)25-10-14-30(3)13-6-7-24(30)20(25)8-9-27(31)32;1-3(4(7)8)5-2-6;1-3-2;2*1-2/h18-27H,6-17H2,1-5H3,(H,33,34);2-3H,1H3,(H,5,6)(H,7,8);3H,1H2,2H3;2*1-2H3. The minimum absolute atomic E-state index is 0.00113. The maximum atomic E-state index is 13.0. The van der Waals surface area contributed by atoms with Crippen LogP contribution >= 0.6 is 0 Å². The van der Waals surface area contributed by atoms with Crippen molar-refractivity contribution in [2.75, 3.05) is 0 Å². The fraction of sp³-hybridized carbons (Fsp3) is 0.860. The molecule has 14 unspecified atom stereocenters. The van der Waals surface area contributed by atoms with Crippen LogP contribution in [0.3, 0.4) is 0 Å². The van der Waals surface area contributed by atoms with Gasteiger partial charge in [-0.2, -0.15) is 0 Å². The van der Waals surface area contributed by atoms with Crippen LogP contribution < -0.4 is 5.32 Å². The molecular weight excluding hydrogens is 642 g/mol. The molecule has 0 radical (unpaired) electrons. The monoisotopic (exact) mass is 718 g/mol. The summed E-state index contributed by atoms with van der Waals surface area (Å²) < 4.78 is 6.17. The van der Waals surface area contributed by atoms with Crippen molar-refractivity contribution in [3.63, 3.8) is 0 Å². The van der Waals surface area contributed by atoms with Crippen molar-refractivity contribution in [2.24, 2.45) is 69.5 Å². The smallest absolute Gasteiger partial charge is 0.325 e. The summed E-state index contributed by atoms with van der Waals surface area (Å²) in [7, 11) is 0. The highest BCUT2D eigenvalue weighted by molar-refractivity contribution is 5.80. The van der Waals surface area contributed by atoms with Gasteiger partial charge in [0.2, 0.25) is 6.41 Å². The predicted molar refractivity (Wildman–Crippen MR) is 205 cm³/mol. The van der Waals surface area contributed by atoms with Gasteiger partial charge in [-0.05, 0) is 142 Å².